The van der Waals surface area contributed by atoms with Gasteiger partial charge in [-0.3, -0.25) is 9.48 Å². The van der Waals surface area contributed by atoms with Crippen molar-refractivity contribution in [1.82, 2.24) is 15.1 Å². The molecule has 1 aromatic carbocycles. The zero-order valence-electron chi connectivity index (χ0n) is 14.7. The lowest BCUT2D eigenvalue weighted by molar-refractivity contribution is -0.117. The van der Waals surface area contributed by atoms with Gasteiger partial charge >= 0.3 is 0 Å². The molecule has 24 heavy (non-hydrogen) atoms. The summed E-state index contributed by atoms with van der Waals surface area (Å²) in [4.78, 5) is 13.6. The predicted octanol–water partition coefficient (Wildman–Crippen LogP) is 3.05. The molecule has 5 heteroatoms. The molecule has 1 saturated heterocycles. The molecule has 3 rings (SSSR count). The standard InChI is InChI=1S/C19H26N4O/c1-19(2,3)23-14-16(13-21-23)12-20-11-15-6-8-17(9-7-15)22-10-4-5-18(22)24/h6-9,13-14,20H,4-5,10-12H2,1-3H3. The molecule has 2 aromatic rings. The molecule has 0 spiro atoms. The molecule has 0 aliphatic carbocycles. The van der Waals surface area contributed by atoms with Gasteiger partial charge in [0.1, 0.15) is 0 Å². The molecule has 2 heterocycles. The van der Waals surface area contributed by atoms with E-state index in [-0.39, 0.29) is 11.4 Å². The zero-order chi connectivity index (χ0) is 17.2. The lowest BCUT2D eigenvalue weighted by Crippen LogP contribution is -2.23. The van der Waals surface area contributed by atoms with Crippen LogP contribution in [0.3, 0.4) is 0 Å². The Morgan fingerprint density at radius 3 is 2.42 bits per heavy atom. The monoisotopic (exact) mass is 326 g/mol. The van der Waals surface area contributed by atoms with Crippen LogP contribution in [-0.2, 0) is 23.4 Å². The van der Waals surface area contributed by atoms with Gasteiger partial charge in [-0.05, 0) is 44.9 Å². The fourth-order valence-corrected chi connectivity index (χ4v) is 2.88. The van der Waals surface area contributed by atoms with Gasteiger partial charge in [0.05, 0.1) is 11.7 Å². The summed E-state index contributed by atoms with van der Waals surface area (Å²) in [5.74, 6) is 0.233. The first kappa shape index (κ1) is 16.7. The summed E-state index contributed by atoms with van der Waals surface area (Å²) < 4.78 is 1.99. The van der Waals surface area contributed by atoms with Crippen molar-refractivity contribution in [2.45, 2.75) is 52.2 Å². The highest BCUT2D eigenvalue weighted by Crippen LogP contribution is 2.21. The van der Waals surface area contributed by atoms with E-state index >= 15 is 0 Å². The maximum Gasteiger partial charge on any atom is 0.227 e. The van der Waals surface area contributed by atoms with Crippen LogP contribution >= 0.6 is 0 Å². The lowest BCUT2D eigenvalue weighted by Gasteiger charge is -2.18. The minimum absolute atomic E-state index is 0.0150. The number of hydrogen-bond acceptors (Lipinski definition) is 3. The summed E-state index contributed by atoms with van der Waals surface area (Å²) in [6.07, 6.45) is 5.64. The number of nitrogens with one attached hydrogen (secondary N) is 1. The quantitative estimate of drug-likeness (QED) is 0.919. The van der Waals surface area contributed by atoms with Crippen molar-refractivity contribution in [3.8, 4) is 0 Å². The van der Waals surface area contributed by atoms with E-state index in [1.165, 1.54) is 11.1 Å². The normalized spacial score (nSPS) is 15.3. The number of carbonyl (C=O) groups is 1. The van der Waals surface area contributed by atoms with Crippen molar-refractivity contribution in [3.63, 3.8) is 0 Å². The molecular weight excluding hydrogens is 300 g/mol. The molecule has 1 amide bonds. The SMILES string of the molecule is CC(C)(C)n1cc(CNCc2ccc(N3CCCC3=O)cc2)cn1. The van der Waals surface area contributed by atoms with Gasteiger partial charge in [0.2, 0.25) is 5.91 Å². The van der Waals surface area contributed by atoms with E-state index < -0.39 is 0 Å². The molecular formula is C19H26N4O. The number of aromatic nitrogens is 2. The summed E-state index contributed by atoms with van der Waals surface area (Å²) in [7, 11) is 0. The van der Waals surface area contributed by atoms with Crippen molar-refractivity contribution >= 4 is 11.6 Å². The number of rotatable bonds is 5. The zero-order valence-corrected chi connectivity index (χ0v) is 14.7. The first-order valence-electron chi connectivity index (χ1n) is 8.57. The number of carbonyl (C=O) groups excluding carboxylic acids is 1. The molecule has 0 radical (unpaired) electrons. The number of amides is 1. The van der Waals surface area contributed by atoms with Gasteiger partial charge in [0.15, 0.2) is 0 Å². The van der Waals surface area contributed by atoms with Gasteiger partial charge in [-0.25, -0.2) is 0 Å². The van der Waals surface area contributed by atoms with E-state index in [1.54, 1.807) is 0 Å². The van der Waals surface area contributed by atoms with Crippen LogP contribution in [0.1, 0.15) is 44.7 Å². The van der Waals surface area contributed by atoms with Gasteiger partial charge in [0.25, 0.3) is 0 Å². The fraction of sp³-hybridized carbons (Fsp3) is 0.474. The van der Waals surface area contributed by atoms with Crippen LogP contribution < -0.4 is 10.2 Å². The Hall–Kier alpha value is -2.14. The van der Waals surface area contributed by atoms with E-state index in [2.05, 4.69) is 49.5 Å². The van der Waals surface area contributed by atoms with Crippen LogP contribution in [0.5, 0.6) is 0 Å². The Labute approximate surface area is 143 Å². The molecule has 1 N–H and O–H groups in total. The van der Waals surface area contributed by atoms with Crippen molar-refractivity contribution in [1.29, 1.82) is 0 Å². The Bertz CT molecular complexity index is 697. The summed E-state index contributed by atoms with van der Waals surface area (Å²) >= 11 is 0. The van der Waals surface area contributed by atoms with Crippen LogP contribution in [0.25, 0.3) is 0 Å². The molecule has 0 saturated carbocycles. The number of anilines is 1. The highest BCUT2D eigenvalue weighted by atomic mass is 16.2. The summed E-state index contributed by atoms with van der Waals surface area (Å²) in [6, 6.07) is 8.26. The molecule has 1 aromatic heterocycles. The Morgan fingerprint density at radius 1 is 1.12 bits per heavy atom. The Kier molecular flexibility index (Phi) is 4.71. The smallest absolute Gasteiger partial charge is 0.227 e. The predicted molar refractivity (Wildman–Crippen MR) is 95.8 cm³/mol. The van der Waals surface area contributed by atoms with Crippen LogP contribution in [-0.4, -0.2) is 22.2 Å². The number of hydrogen-bond donors (Lipinski definition) is 1. The van der Waals surface area contributed by atoms with Crippen molar-refractivity contribution in [2.75, 3.05) is 11.4 Å². The highest BCUT2D eigenvalue weighted by Gasteiger charge is 2.21. The number of nitrogens with zero attached hydrogens (tertiary/aromatic N) is 3. The summed E-state index contributed by atoms with van der Waals surface area (Å²) in [5, 5.41) is 7.86. The maximum absolute atomic E-state index is 11.8. The topological polar surface area (TPSA) is 50.2 Å². The molecule has 1 aliphatic heterocycles. The van der Waals surface area contributed by atoms with E-state index in [1.807, 2.05) is 27.9 Å². The third kappa shape index (κ3) is 3.85. The molecule has 128 valence electrons. The molecule has 1 fully saturated rings. The van der Waals surface area contributed by atoms with Crippen LogP contribution in [0.2, 0.25) is 0 Å². The molecule has 0 bridgehead atoms. The maximum atomic E-state index is 11.8. The highest BCUT2D eigenvalue weighted by molar-refractivity contribution is 5.95. The second kappa shape index (κ2) is 6.77. The average Bonchev–Trinajstić information content (AvgIpc) is 3.17. The van der Waals surface area contributed by atoms with Crippen molar-refractivity contribution in [3.05, 3.63) is 47.8 Å². The summed E-state index contributed by atoms with van der Waals surface area (Å²) in [6.45, 7) is 8.86. The van der Waals surface area contributed by atoms with Crippen molar-refractivity contribution in [2.24, 2.45) is 0 Å². The van der Waals surface area contributed by atoms with Crippen LogP contribution in [0.4, 0.5) is 5.69 Å². The Balaban J connectivity index is 1.52. The van der Waals surface area contributed by atoms with E-state index in [9.17, 15) is 4.79 Å². The molecule has 5 nitrogen and oxygen atoms in total. The minimum atomic E-state index is 0.0150. The average molecular weight is 326 g/mol. The second-order valence-electron chi connectivity index (χ2n) is 7.38. The third-order valence-corrected chi connectivity index (χ3v) is 4.30. The van der Waals surface area contributed by atoms with Gasteiger partial charge in [-0.2, -0.15) is 5.10 Å². The Morgan fingerprint density at radius 2 is 1.83 bits per heavy atom. The van der Waals surface area contributed by atoms with Gasteiger partial charge in [-0.15, -0.1) is 0 Å². The first-order chi connectivity index (χ1) is 11.4. The fourth-order valence-electron chi connectivity index (χ4n) is 2.88. The minimum Gasteiger partial charge on any atom is -0.312 e. The third-order valence-electron chi connectivity index (χ3n) is 4.30. The molecule has 1 aliphatic rings. The van der Waals surface area contributed by atoms with Crippen LogP contribution in [0.15, 0.2) is 36.7 Å². The second-order valence-corrected chi connectivity index (χ2v) is 7.38. The van der Waals surface area contributed by atoms with Gasteiger partial charge < -0.3 is 10.2 Å². The molecule has 0 atom stereocenters. The van der Waals surface area contributed by atoms with E-state index in [4.69, 9.17) is 0 Å². The lowest BCUT2D eigenvalue weighted by atomic mass is 10.1. The largest absolute Gasteiger partial charge is 0.312 e. The van der Waals surface area contributed by atoms with E-state index in [0.717, 1.165) is 31.7 Å². The van der Waals surface area contributed by atoms with Crippen LogP contribution in [0, 0.1) is 0 Å². The first-order valence-corrected chi connectivity index (χ1v) is 8.57. The van der Waals surface area contributed by atoms with E-state index in [0.29, 0.717) is 6.42 Å². The number of benzene rings is 1. The molecule has 0 unspecified atom stereocenters. The van der Waals surface area contributed by atoms with Gasteiger partial charge in [0, 0.05) is 43.5 Å². The van der Waals surface area contributed by atoms with Crippen molar-refractivity contribution < 1.29 is 4.79 Å². The summed E-state index contributed by atoms with van der Waals surface area (Å²) in [5.41, 5.74) is 3.42. The van der Waals surface area contributed by atoms with Gasteiger partial charge in [-0.1, -0.05) is 12.1 Å².